The number of nitrogens with zero attached hydrogens (tertiary/aromatic N) is 4. The standard InChI is InChI=1S/C64H44N4Si/c1-5-17-51(18-6-1)67-60-27-15-13-25-56(60)58-41-48(35-39-62(58)67)49-36-40-63-59(42-49)57-26-14-16-28-61(57)68(63)64-65-43-50(44-66-64)47-31-29-45(30-32-47)46-33-37-55(38-34-46)69(52-19-7-2-8-20-52,53-21-9-3-10-22-53)54-23-11-4-12-24-54/h1-44H. The first-order valence-electron chi connectivity index (χ1n) is 23.5. The van der Waals surface area contributed by atoms with Gasteiger partial charge in [0.05, 0.1) is 22.1 Å². The van der Waals surface area contributed by atoms with E-state index < -0.39 is 8.07 Å². The van der Waals surface area contributed by atoms with Gasteiger partial charge in [-0.05, 0) is 97.1 Å². The molecule has 0 unspecified atom stereocenters. The summed E-state index contributed by atoms with van der Waals surface area (Å²) in [6, 6.07) is 92.8. The van der Waals surface area contributed by atoms with Gasteiger partial charge in [0.2, 0.25) is 5.95 Å². The Morgan fingerprint density at radius 2 is 0.609 bits per heavy atom. The molecule has 0 aliphatic rings. The zero-order valence-corrected chi connectivity index (χ0v) is 38.7. The number of rotatable bonds is 9. The van der Waals surface area contributed by atoms with Gasteiger partial charge in [-0.25, -0.2) is 9.97 Å². The summed E-state index contributed by atoms with van der Waals surface area (Å²) in [4.78, 5) is 10.0. The molecule has 13 aromatic rings. The number of benzene rings is 10. The van der Waals surface area contributed by atoms with Crippen molar-refractivity contribution < 1.29 is 0 Å². The number of aromatic nitrogens is 4. The number of hydrogen-bond donors (Lipinski definition) is 0. The van der Waals surface area contributed by atoms with E-state index in [2.05, 4.69) is 264 Å². The molecule has 0 fully saturated rings. The van der Waals surface area contributed by atoms with E-state index in [1.54, 1.807) is 0 Å². The monoisotopic (exact) mass is 896 g/mol. The minimum Gasteiger partial charge on any atom is -0.309 e. The molecule has 0 bridgehead atoms. The summed E-state index contributed by atoms with van der Waals surface area (Å²) in [7, 11) is -2.59. The van der Waals surface area contributed by atoms with E-state index >= 15 is 0 Å². The average molecular weight is 897 g/mol. The summed E-state index contributed by atoms with van der Waals surface area (Å²) in [5.41, 5.74) is 12.4. The molecule has 13 rings (SSSR count). The molecule has 0 atom stereocenters. The molecule has 0 spiro atoms. The third kappa shape index (κ3) is 6.74. The van der Waals surface area contributed by atoms with Crippen LogP contribution in [0, 0.1) is 0 Å². The Balaban J connectivity index is 0.810. The molecule has 3 heterocycles. The average Bonchev–Trinajstić information content (AvgIpc) is 3.95. The van der Waals surface area contributed by atoms with Gasteiger partial charge in [-0.3, -0.25) is 4.57 Å². The molecule has 0 aliphatic heterocycles. The lowest BCUT2D eigenvalue weighted by Crippen LogP contribution is -2.74. The van der Waals surface area contributed by atoms with E-state index in [0.29, 0.717) is 5.95 Å². The number of fused-ring (bicyclic) bond motifs is 6. The second-order valence-electron chi connectivity index (χ2n) is 17.8. The van der Waals surface area contributed by atoms with Gasteiger partial charge in [-0.2, -0.15) is 0 Å². The van der Waals surface area contributed by atoms with Crippen molar-refractivity contribution in [2.75, 3.05) is 0 Å². The van der Waals surface area contributed by atoms with E-state index in [-0.39, 0.29) is 0 Å². The van der Waals surface area contributed by atoms with Crippen LogP contribution < -0.4 is 20.7 Å². The fraction of sp³-hybridized carbons (Fsp3) is 0. The summed E-state index contributed by atoms with van der Waals surface area (Å²) in [5.74, 6) is 0.644. The van der Waals surface area contributed by atoms with Gasteiger partial charge in [-0.1, -0.05) is 206 Å². The van der Waals surface area contributed by atoms with Crippen LogP contribution in [0.5, 0.6) is 0 Å². The van der Waals surface area contributed by atoms with Gasteiger partial charge in [0.1, 0.15) is 0 Å². The highest BCUT2D eigenvalue weighted by atomic mass is 28.3. The Labute approximate surface area is 401 Å². The fourth-order valence-corrected chi connectivity index (χ4v) is 15.5. The first-order chi connectivity index (χ1) is 34.2. The molecule has 0 N–H and O–H groups in total. The normalized spacial score (nSPS) is 11.8. The van der Waals surface area contributed by atoms with Crippen molar-refractivity contribution in [3.8, 4) is 45.0 Å². The zero-order chi connectivity index (χ0) is 45.7. The first kappa shape index (κ1) is 40.4. The quantitative estimate of drug-likeness (QED) is 0.107. The molecular weight excluding hydrogens is 853 g/mol. The number of hydrogen-bond acceptors (Lipinski definition) is 2. The first-order valence-corrected chi connectivity index (χ1v) is 25.5. The van der Waals surface area contributed by atoms with Gasteiger partial charge in [-0.15, -0.1) is 0 Å². The molecule has 0 radical (unpaired) electrons. The van der Waals surface area contributed by atoms with Crippen molar-refractivity contribution in [2.45, 2.75) is 0 Å². The predicted octanol–water partition coefficient (Wildman–Crippen LogP) is 13.0. The molecule has 5 heteroatoms. The zero-order valence-electron chi connectivity index (χ0n) is 37.7. The maximum Gasteiger partial charge on any atom is 0.234 e. The third-order valence-corrected chi connectivity index (χ3v) is 18.8. The lowest BCUT2D eigenvalue weighted by atomic mass is 10.0. The van der Waals surface area contributed by atoms with Crippen LogP contribution in [-0.2, 0) is 0 Å². The van der Waals surface area contributed by atoms with Gasteiger partial charge in [0.15, 0.2) is 8.07 Å². The van der Waals surface area contributed by atoms with Crippen molar-refractivity contribution in [2.24, 2.45) is 0 Å². The van der Waals surface area contributed by atoms with Crippen LogP contribution in [0.3, 0.4) is 0 Å². The molecule has 69 heavy (non-hydrogen) atoms. The molecular formula is C64H44N4Si. The highest BCUT2D eigenvalue weighted by Crippen LogP contribution is 2.38. The van der Waals surface area contributed by atoms with Gasteiger partial charge >= 0.3 is 0 Å². The molecule has 10 aromatic carbocycles. The molecule has 3 aromatic heterocycles. The van der Waals surface area contributed by atoms with E-state index in [4.69, 9.17) is 9.97 Å². The molecule has 0 aliphatic carbocycles. The van der Waals surface area contributed by atoms with E-state index in [9.17, 15) is 0 Å². The summed E-state index contributed by atoms with van der Waals surface area (Å²) in [6.07, 6.45) is 3.90. The van der Waals surface area contributed by atoms with Gasteiger partial charge in [0, 0.05) is 45.2 Å². The van der Waals surface area contributed by atoms with Crippen LogP contribution in [0.2, 0.25) is 0 Å². The van der Waals surface area contributed by atoms with Crippen molar-refractivity contribution in [1.82, 2.24) is 19.1 Å². The Kier molecular flexibility index (Phi) is 9.81. The Hall–Kier alpha value is -8.90. The summed E-state index contributed by atoms with van der Waals surface area (Å²) >= 11 is 0. The fourth-order valence-electron chi connectivity index (χ4n) is 10.8. The van der Waals surface area contributed by atoms with Crippen LogP contribution >= 0.6 is 0 Å². The SMILES string of the molecule is c1ccc(-n2c3ccccc3c3cc(-c4ccc5c(c4)c4ccccc4n5-c4ncc(-c5ccc(-c6ccc([Si](c7ccccc7)(c7ccccc7)c7ccccc7)cc6)cc5)cn4)ccc32)cc1. The maximum absolute atomic E-state index is 5.01. The predicted molar refractivity (Wildman–Crippen MR) is 291 cm³/mol. The Morgan fingerprint density at radius 1 is 0.261 bits per heavy atom. The van der Waals surface area contributed by atoms with Gasteiger partial charge < -0.3 is 4.57 Å². The molecule has 4 nitrogen and oxygen atoms in total. The van der Waals surface area contributed by atoms with Crippen molar-refractivity contribution >= 4 is 72.4 Å². The Morgan fingerprint density at radius 3 is 1.10 bits per heavy atom. The smallest absolute Gasteiger partial charge is 0.234 e. The third-order valence-electron chi connectivity index (χ3n) is 14.0. The molecule has 0 saturated heterocycles. The summed E-state index contributed by atoms with van der Waals surface area (Å²) in [5, 5.41) is 10.3. The lowest BCUT2D eigenvalue weighted by molar-refractivity contribution is 0.990. The maximum atomic E-state index is 5.01. The second kappa shape index (κ2) is 16.8. The van der Waals surface area contributed by atoms with E-state index in [1.807, 2.05) is 12.4 Å². The van der Waals surface area contributed by atoms with Crippen molar-refractivity contribution in [1.29, 1.82) is 0 Å². The van der Waals surface area contributed by atoms with Crippen LogP contribution in [0.15, 0.2) is 267 Å². The van der Waals surface area contributed by atoms with E-state index in [0.717, 1.165) is 33.4 Å². The Bertz CT molecular complexity index is 3860. The molecule has 0 saturated carbocycles. The molecule has 0 amide bonds. The van der Waals surface area contributed by atoms with Gasteiger partial charge in [0.25, 0.3) is 0 Å². The highest BCUT2D eigenvalue weighted by molar-refractivity contribution is 7.19. The minimum absolute atomic E-state index is 0.644. The molecule has 324 valence electrons. The second-order valence-corrected chi connectivity index (χ2v) is 21.6. The van der Waals surface area contributed by atoms with Crippen molar-refractivity contribution in [3.63, 3.8) is 0 Å². The van der Waals surface area contributed by atoms with Crippen LogP contribution in [0.4, 0.5) is 0 Å². The highest BCUT2D eigenvalue weighted by Gasteiger charge is 2.41. The summed E-state index contributed by atoms with van der Waals surface area (Å²) in [6.45, 7) is 0. The number of para-hydroxylation sites is 3. The largest absolute Gasteiger partial charge is 0.309 e. The minimum atomic E-state index is -2.59. The van der Waals surface area contributed by atoms with E-state index in [1.165, 1.54) is 70.0 Å². The lowest BCUT2D eigenvalue weighted by Gasteiger charge is -2.34. The van der Waals surface area contributed by atoms with Crippen LogP contribution in [-0.4, -0.2) is 27.2 Å². The van der Waals surface area contributed by atoms with Crippen LogP contribution in [0.1, 0.15) is 0 Å². The topological polar surface area (TPSA) is 35.6 Å². The van der Waals surface area contributed by atoms with Crippen molar-refractivity contribution in [3.05, 3.63) is 267 Å². The summed E-state index contributed by atoms with van der Waals surface area (Å²) < 4.78 is 4.55. The van der Waals surface area contributed by atoms with Crippen LogP contribution in [0.25, 0.3) is 88.6 Å².